The molecule has 0 aliphatic rings. The highest BCUT2D eigenvalue weighted by Gasteiger charge is 2.12. The number of nitrogens with one attached hydrogen (secondary N) is 2. The maximum atomic E-state index is 12.4. The molecule has 6 heteroatoms. The number of hydrogen-bond acceptors (Lipinski definition) is 3. The second-order valence-electron chi connectivity index (χ2n) is 6.95. The standard InChI is InChI=1S/C25H25ClN2O3/c1-3-17-8-7-9-18(4-2)24(17)28-23(29)16-31-20-14-12-19(13-15-20)25(30)27-22-11-6-5-10-21(22)26/h5-15H,3-4,16H2,1-2H3,(H,27,30)(H,28,29). The fourth-order valence-electron chi connectivity index (χ4n) is 3.19. The van der Waals surface area contributed by atoms with Crippen LogP contribution in [0.15, 0.2) is 66.7 Å². The van der Waals surface area contributed by atoms with Crippen LogP contribution in [0.3, 0.4) is 0 Å². The molecule has 0 fully saturated rings. The predicted octanol–water partition coefficient (Wildman–Crippen LogP) is 5.73. The lowest BCUT2D eigenvalue weighted by molar-refractivity contribution is -0.118. The SMILES string of the molecule is CCc1cccc(CC)c1NC(=O)COc1ccc(C(=O)Nc2ccccc2Cl)cc1. The van der Waals surface area contributed by atoms with E-state index in [4.69, 9.17) is 16.3 Å². The predicted molar refractivity (Wildman–Crippen MR) is 125 cm³/mol. The van der Waals surface area contributed by atoms with Crippen molar-refractivity contribution >= 4 is 34.8 Å². The Kier molecular flexibility index (Phi) is 7.68. The molecule has 0 atom stereocenters. The van der Waals surface area contributed by atoms with E-state index in [1.165, 1.54) is 0 Å². The van der Waals surface area contributed by atoms with Crippen LogP contribution in [0.25, 0.3) is 0 Å². The van der Waals surface area contributed by atoms with Crippen LogP contribution in [-0.2, 0) is 17.6 Å². The molecule has 3 aromatic carbocycles. The molecule has 31 heavy (non-hydrogen) atoms. The second kappa shape index (κ2) is 10.6. The molecule has 5 nitrogen and oxygen atoms in total. The molecule has 0 aliphatic heterocycles. The molecule has 3 rings (SSSR count). The summed E-state index contributed by atoms with van der Waals surface area (Å²) in [7, 11) is 0. The van der Waals surface area contributed by atoms with Gasteiger partial charge in [0.1, 0.15) is 5.75 Å². The molecule has 0 saturated heterocycles. The van der Waals surface area contributed by atoms with Crippen LogP contribution in [-0.4, -0.2) is 18.4 Å². The molecular formula is C25H25ClN2O3. The Balaban J connectivity index is 1.58. The number of halogens is 1. The third kappa shape index (κ3) is 5.86. The maximum absolute atomic E-state index is 12.4. The summed E-state index contributed by atoms with van der Waals surface area (Å²) in [6.45, 7) is 4.00. The minimum Gasteiger partial charge on any atom is -0.484 e. The number of carbonyl (C=O) groups is 2. The molecule has 2 amide bonds. The van der Waals surface area contributed by atoms with Gasteiger partial charge in [-0.15, -0.1) is 0 Å². The van der Waals surface area contributed by atoms with Crippen LogP contribution < -0.4 is 15.4 Å². The molecule has 0 bridgehead atoms. The molecule has 0 heterocycles. The first-order valence-electron chi connectivity index (χ1n) is 10.2. The van der Waals surface area contributed by atoms with Crippen molar-refractivity contribution in [2.75, 3.05) is 17.2 Å². The van der Waals surface area contributed by atoms with Crippen LogP contribution >= 0.6 is 11.6 Å². The Morgan fingerprint density at radius 2 is 1.48 bits per heavy atom. The summed E-state index contributed by atoms with van der Waals surface area (Å²) >= 11 is 6.08. The first-order valence-corrected chi connectivity index (χ1v) is 10.6. The van der Waals surface area contributed by atoms with Crippen LogP contribution in [0.2, 0.25) is 5.02 Å². The van der Waals surface area contributed by atoms with Gasteiger partial charge in [0.25, 0.3) is 11.8 Å². The highest BCUT2D eigenvalue weighted by atomic mass is 35.5. The van der Waals surface area contributed by atoms with Gasteiger partial charge in [-0.05, 0) is 60.4 Å². The number of ether oxygens (including phenoxy) is 1. The summed E-state index contributed by atoms with van der Waals surface area (Å²) < 4.78 is 5.59. The van der Waals surface area contributed by atoms with E-state index in [9.17, 15) is 9.59 Å². The second-order valence-corrected chi connectivity index (χ2v) is 7.36. The van der Waals surface area contributed by atoms with E-state index in [1.807, 2.05) is 18.2 Å². The third-order valence-electron chi connectivity index (χ3n) is 4.87. The van der Waals surface area contributed by atoms with Crippen molar-refractivity contribution in [3.63, 3.8) is 0 Å². The Bertz CT molecular complexity index is 1040. The summed E-state index contributed by atoms with van der Waals surface area (Å²) in [5.74, 6) is 0.000681. The fourth-order valence-corrected chi connectivity index (χ4v) is 3.37. The number of benzene rings is 3. The van der Waals surface area contributed by atoms with Gasteiger partial charge in [-0.2, -0.15) is 0 Å². The summed E-state index contributed by atoms with van der Waals surface area (Å²) in [4.78, 5) is 24.8. The Hall–Kier alpha value is -3.31. The monoisotopic (exact) mass is 436 g/mol. The average Bonchev–Trinajstić information content (AvgIpc) is 2.79. The van der Waals surface area contributed by atoms with E-state index < -0.39 is 0 Å². The lowest BCUT2D eigenvalue weighted by Gasteiger charge is -2.15. The molecule has 0 saturated carbocycles. The summed E-state index contributed by atoms with van der Waals surface area (Å²) in [5, 5.41) is 6.21. The lowest BCUT2D eigenvalue weighted by Crippen LogP contribution is -2.21. The number of amides is 2. The third-order valence-corrected chi connectivity index (χ3v) is 5.20. The smallest absolute Gasteiger partial charge is 0.262 e. The van der Waals surface area contributed by atoms with Gasteiger partial charge >= 0.3 is 0 Å². The molecule has 0 unspecified atom stereocenters. The molecule has 2 N–H and O–H groups in total. The minimum absolute atomic E-state index is 0.119. The largest absolute Gasteiger partial charge is 0.484 e. The van der Waals surface area contributed by atoms with Crippen LogP contribution in [0.4, 0.5) is 11.4 Å². The van der Waals surface area contributed by atoms with Gasteiger partial charge in [0.15, 0.2) is 6.61 Å². The van der Waals surface area contributed by atoms with Crippen molar-refractivity contribution in [1.82, 2.24) is 0 Å². The lowest BCUT2D eigenvalue weighted by atomic mass is 10.0. The van der Waals surface area contributed by atoms with Crippen LogP contribution in [0, 0.1) is 0 Å². The van der Waals surface area contributed by atoms with Crippen LogP contribution in [0.5, 0.6) is 5.75 Å². The van der Waals surface area contributed by atoms with Crippen molar-refractivity contribution in [3.05, 3.63) is 88.4 Å². The van der Waals surface area contributed by atoms with Crippen molar-refractivity contribution < 1.29 is 14.3 Å². The Labute approximate surface area is 187 Å². The number of anilines is 2. The first kappa shape index (κ1) is 22.4. The van der Waals surface area contributed by atoms with Gasteiger partial charge in [0, 0.05) is 11.3 Å². The molecule has 0 aliphatic carbocycles. The zero-order valence-corrected chi connectivity index (χ0v) is 18.3. The molecule has 0 radical (unpaired) electrons. The number of aryl methyl sites for hydroxylation is 2. The van der Waals surface area contributed by atoms with Crippen molar-refractivity contribution in [2.45, 2.75) is 26.7 Å². The van der Waals surface area contributed by atoms with E-state index in [1.54, 1.807) is 48.5 Å². The van der Waals surface area contributed by atoms with Gasteiger partial charge in [0.2, 0.25) is 0 Å². The number of rotatable bonds is 8. The van der Waals surface area contributed by atoms with Crippen LogP contribution in [0.1, 0.15) is 35.3 Å². The zero-order valence-electron chi connectivity index (χ0n) is 17.6. The highest BCUT2D eigenvalue weighted by Crippen LogP contribution is 2.23. The quantitative estimate of drug-likeness (QED) is 0.473. The molecule has 3 aromatic rings. The van der Waals surface area contributed by atoms with Crippen molar-refractivity contribution in [1.29, 1.82) is 0 Å². The van der Waals surface area contributed by atoms with E-state index in [0.29, 0.717) is 22.0 Å². The topological polar surface area (TPSA) is 67.4 Å². The van der Waals surface area contributed by atoms with Crippen molar-refractivity contribution in [2.24, 2.45) is 0 Å². The van der Waals surface area contributed by atoms with Gasteiger partial charge in [-0.3, -0.25) is 9.59 Å². The molecule has 0 spiro atoms. The summed E-state index contributed by atoms with van der Waals surface area (Å²) in [6, 6.07) is 19.7. The van der Waals surface area contributed by atoms with Gasteiger partial charge < -0.3 is 15.4 Å². The Morgan fingerprint density at radius 1 is 0.839 bits per heavy atom. The average molecular weight is 437 g/mol. The van der Waals surface area contributed by atoms with Gasteiger partial charge in [0.05, 0.1) is 10.7 Å². The normalized spacial score (nSPS) is 10.4. The van der Waals surface area contributed by atoms with E-state index in [2.05, 4.69) is 24.5 Å². The highest BCUT2D eigenvalue weighted by molar-refractivity contribution is 6.33. The van der Waals surface area contributed by atoms with E-state index in [-0.39, 0.29) is 18.4 Å². The first-order chi connectivity index (χ1) is 15.0. The molecule has 0 aromatic heterocycles. The maximum Gasteiger partial charge on any atom is 0.262 e. The molecule has 160 valence electrons. The number of carbonyl (C=O) groups excluding carboxylic acids is 2. The summed E-state index contributed by atoms with van der Waals surface area (Å²) in [5.41, 5.74) is 4.07. The zero-order chi connectivity index (χ0) is 22.2. The van der Waals surface area contributed by atoms with Crippen molar-refractivity contribution in [3.8, 4) is 5.75 Å². The van der Waals surface area contributed by atoms with E-state index in [0.717, 1.165) is 29.7 Å². The number of para-hydroxylation sites is 2. The summed E-state index contributed by atoms with van der Waals surface area (Å²) in [6.07, 6.45) is 1.67. The fraction of sp³-hybridized carbons (Fsp3) is 0.200. The Morgan fingerprint density at radius 3 is 2.10 bits per heavy atom. The van der Waals surface area contributed by atoms with Gasteiger partial charge in [-0.1, -0.05) is 55.8 Å². The van der Waals surface area contributed by atoms with E-state index >= 15 is 0 Å². The minimum atomic E-state index is -0.277. The molecular weight excluding hydrogens is 412 g/mol. The number of hydrogen-bond donors (Lipinski definition) is 2. The van der Waals surface area contributed by atoms with Gasteiger partial charge in [-0.25, -0.2) is 0 Å².